The monoisotopic (exact) mass is 438 g/mol. The van der Waals surface area contributed by atoms with Crippen LogP contribution in [0.15, 0.2) is 52.7 Å². The quantitative estimate of drug-likeness (QED) is 0.613. The summed E-state index contributed by atoms with van der Waals surface area (Å²) in [4.78, 5) is 18.8. The van der Waals surface area contributed by atoms with Crippen LogP contribution in [-0.4, -0.2) is 41.8 Å². The molecule has 0 aliphatic carbocycles. The summed E-state index contributed by atoms with van der Waals surface area (Å²) in [6.07, 6.45) is 0. The largest absolute Gasteiger partial charge is 0.493 e. The molecule has 2 aromatic carbocycles. The van der Waals surface area contributed by atoms with Crippen LogP contribution in [0.3, 0.4) is 0 Å². The molecule has 0 radical (unpaired) electrons. The lowest BCUT2D eigenvalue weighted by Gasteiger charge is -2.34. The van der Waals surface area contributed by atoms with Crippen molar-refractivity contribution in [2.75, 3.05) is 20.8 Å². The van der Waals surface area contributed by atoms with Crippen molar-refractivity contribution in [3.05, 3.63) is 65.4 Å². The molecule has 9 heteroatoms. The fourth-order valence-electron chi connectivity index (χ4n) is 3.77. The number of ether oxygens (including phenoxy) is 2. The van der Waals surface area contributed by atoms with Crippen molar-refractivity contribution in [2.24, 2.45) is 0 Å². The van der Waals surface area contributed by atoms with Gasteiger partial charge >= 0.3 is 6.03 Å². The Morgan fingerprint density at radius 1 is 1.12 bits per heavy atom. The molecule has 0 bridgehead atoms. The van der Waals surface area contributed by atoms with Crippen molar-refractivity contribution in [3.63, 3.8) is 0 Å². The molecule has 2 amide bonds. The van der Waals surface area contributed by atoms with Gasteiger partial charge in [-0.3, -0.25) is 4.90 Å². The van der Waals surface area contributed by atoms with Crippen LogP contribution in [0, 0.1) is 5.82 Å². The van der Waals surface area contributed by atoms with Crippen molar-refractivity contribution in [3.8, 4) is 22.9 Å². The predicted octanol–water partition coefficient (Wildman–Crippen LogP) is 4.41. The summed E-state index contributed by atoms with van der Waals surface area (Å²) >= 11 is 0. The number of rotatable bonds is 6. The third-order valence-corrected chi connectivity index (χ3v) is 5.41. The van der Waals surface area contributed by atoms with Crippen molar-refractivity contribution >= 4 is 11.6 Å². The van der Waals surface area contributed by atoms with Gasteiger partial charge in [0.25, 0.3) is 5.89 Å². The molecule has 4 rings (SSSR count). The maximum Gasteiger partial charge on any atom is 0.322 e. The van der Waals surface area contributed by atoms with Gasteiger partial charge in [-0.05, 0) is 49.7 Å². The van der Waals surface area contributed by atoms with Crippen LogP contribution in [-0.2, 0) is 0 Å². The lowest BCUT2D eigenvalue weighted by atomic mass is 9.94. The predicted molar refractivity (Wildman–Crippen MR) is 115 cm³/mol. The number of urea groups is 1. The van der Waals surface area contributed by atoms with Crippen molar-refractivity contribution < 1.29 is 23.2 Å². The molecule has 1 unspecified atom stereocenters. The standard InChI is InChI=1S/C23H23FN4O4/c1-5-28-13(2)19(20(25-23(28)29)14-6-9-16(24)10-7-14)22-26-21(27-32-22)15-8-11-17(30-3)18(12-15)31-4/h6-12,20H,5H2,1-4H3,(H,25,29). The Hall–Kier alpha value is -3.88. The van der Waals surface area contributed by atoms with Gasteiger partial charge in [-0.2, -0.15) is 4.98 Å². The van der Waals surface area contributed by atoms with Gasteiger partial charge in [-0.1, -0.05) is 17.3 Å². The fraction of sp³-hybridized carbons (Fsp3) is 0.261. The van der Waals surface area contributed by atoms with E-state index in [1.807, 2.05) is 13.8 Å². The van der Waals surface area contributed by atoms with E-state index in [0.717, 1.165) is 0 Å². The van der Waals surface area contributed by atoms with Crippen LogP contribution in [0.1, 0.15) is 31.3 Å². The number of hydrogen-bond donors (Lipinski definition) is 1. The minimum absolute atomic E-state index is 0.247. The van der Waals surface area contributed by atoms with Gasteiger partial charge in [0.15, 0.2) is 11.5 Å². The number of carbonyl (C=O) groups is 1. The van der Waals surface area contributed by atoms with Crippen LogP contribution in [0.5, 0.6) is 11.5 Å². The van der Waals surface area contributed by atoms with Gasteiger partial charge in [0.1, 0.15) is 5.82 Å². The van der Waals surface area contributed by atoms with Crippen LogP contribution in [0.25, 0.3) is 17.0 Å². The molecule has 2 heterocycles. The first-order valence-electron chi connectivity index (χ1n) is 10.1. The van der Waals surface area contributed by atoms with Crippen molar-refractivity contribution in [2.45, 2.75) is 19.9 Å². The lowest BCUT2D eigenvalue weighted by Crippen LogP contribution is -2.45. The Morgan fingerprint density at radius 3 is 2.50 bits per heavy atom. The van der Waals surface area contributed by atoms with Gasteiger partial charge in [0, 0.05) is 17.8 Å². The smallest absolute Gasteiger partial charge is 0.322 e. The molecular formula is C23H23FN4O4. The maximum atomic E-state index is 13.5. The van der Waals surface area contributed by atoms with E-state index in [2.05, 4.69) is 15.5 Å². The molecule has 0 saturated carbocycles. The Balaban J connectivity index is 1.79. The first kappa shape index (κ1) is 21.4. The third-order valence-electron chi connectivity index (χ3n) is 5.41. The highest BCUT2D eigenvalue weighted by Gasteiger charge is 2.35. The number of amides is 2. The molecule has 1 N–H and O–H groups in total. The highest BCUT2D eigenvalue weighted by atomic mass is 19.1. The molecule has 1 aliphatic rings. The second kappa shape index (κ2) is 8.70. The minimum atomic E-state index is -0.565. The minimum Gasteiger partial charge on any atom is -0.493 e. The Morgan fingerprint density at radius 2 is 1.84 bits per heavy atom. The van der Waals surface area contributed by atoms with Gasteiger partial charge in [-0.15, -0.1) is 0 Å². The maximum absolute atomic E-state index is 13.5. The van der Waals surface area contributed by atoms with Crippen LogP contribution < -0.4 is 14.8 Å². The van der Waals surface area contributed by atoms with E-state index < -0.39 is 6.04 Å². The molecule has 1 aliphatic heterocycles. The second-order valence-corrected chi connectivity index (χ2v) is 7.17. The topological polar surface area (TPSA) is 89.7 Å². The average molecular weight is 438 g/mol. The van der Waals surface area contributed by atoms with E-state index in [1.165, 1.54) is 12.1 Å². The number of allylic oxidation sites excluding steroid dienone is 1. The molecule has 8 nitrogen and oxygen atoms in total. The van der Waals surface area contributed by atoms with E-state index in [9.17, 15) is 9.18 Å². The number of carbonyl (C=O) groups excluding carboxylic acids is 1. The second-order valence-electron chi connectivity index (χ2n) is 7.17. The van der Waals surface area contributed by atoms with Crippen molar-refractivity contribution in [1.82, 2.24) is 20.4 Å². The van der Waals surface area contributed by atoms with Crippen molar-refractivity contribution in [1.29, 1.82) is 0 Å². The molecule has 166 valence electrons. The number of benzene rings is 2. The molecular weight excluding hydrogens is 415 g/mol. The zero-order valence-corrected chi connectivity index (χ0v) is 18.2. The summed E-state index contributed by atoms with van der Waals surface area (Å²) in [5.41, 5.74) is 2.72. The van der Waals surface area contributed by atoms with E-state index in [1.54, 1.807) is 49.5 Å². The normalized spacial score (nSPS) is 16.2. The van der Waals surface area contributed by atoms with Gasteiger partial charge in [0.2, 0.25) is 5.82 Å². The first-order valence-corrected chi connectivity index (χ1v) is 10.1. The summed E-state index contributed by atoms with van der Waals surface area (Å²) in [6, 6.07) is 10.5. The SMILES string of the molecule is CCN1C(=O)NC(c2ccc(F)cc2)C(c2nc(-c3ccc(OC)c(OC)c3)no2)=C1C. The molecule has 0 saturated heterocycles. The Bertz CT molecular complexity index is 1170. The molecule has 32 heavy (non-hydrogen) atoms. The molecule has 0 spiro atoms. The van der Waals surface area contributed by atoms with E-state index in [4.69, 9.17) is 14.0 Å². The average Bonchev–Trinajstić information content (AvgIpc) is 3.28. The van der Waals surface area contributed by atoms with E-state index in [-0.39, 0.29) is 17.7 Å². The number of nitrogens with one attached hydrogen (secondary N) is 1. The highest BCUT2D eigenvalue weighted by molar-refractivity contribution is 5.86. The summed E-state index contributed by atoms with van der Waals surface area (Å²) in [7, 11) is 3.11. The number of hydrogen-bond acceptors (Lipinski definition) is 6. The first-order chi connectivity index (χ1) is 15.5. The third kappa shape index (κ3) is 3.77. The van der Waals surface area contributed by atoms with E-state index in [0.29, 0.717) is 46.3 Å². The van der Waals surface area contributed by atoms with Crippen LogP contribution >= 0.6 is 0 Å². The molecule has 0 fully saturated rings. The number of aromatic nitrogens is 2. The molecule has 3 aromatic rings. The number of nitrogens with zero attached hydrogens (tertiary/aromatic N) is 3. The lowest BCUT2D eigenvalue weighted by molar-refractivity contribution is 0.207. The van der Waals surface area contributed by atoms with Crippen LogP contribution in [0.4, 0.5) is 9.18 Å². The zero-order chi connectivity index (χ0) is 22.8. The van der Waals surface area contributed by atoms with E-state index >= 15 is 0 Å². The highest BCUT2D eigenvalue weighted by Crippen LogP contribution is 2.38. The van der Waals surface area contributed by atoms with Crippen LogP contribution in [0.2, 0.25) is 0 Å². The fourth-order valence-corrected chi connectivity index (χ4v) is 3.77. The number of methoxy groups -OCH3 is 2. The summed E-state index contributed by atoms with van der Waals surface area (Å²) in [5.74, 6) is 1.39. The molecule has 1 aromatic heterocycles. The Labute approximate surface area is 184 Å². The summed E-state index contributed by atoms with van der Waals surface area (Å²) < 4.78 is 29.7. The Kier molecular flexibility index (Phi) is 5.81. The summed E-state index contributed by atoms with van der Waals surface area (Å²) in [5, 5.41) is 7.09. The molecule has 1 atom stereocenters. The van der Waals surface area contributed by atoms with Gasteiger partial charge < -0.3 is 19.3 Å². The zero-order valence-electron chi connectivity index (χ0n) is 18.2. The number of halogens is 1. The van der Waals surface area contributed by atoms with Gasteiger partial charge in [-0.25, -0.2) is 9.18 Å². The summed E-state index contributed by atoms with van der Waals surface area (Å²) in [6.45, 7) is 4.17. The van der Waals surface area contributed by atoms with Gasteiger partial charge in [0.05, 0.1) is 25.8 Å².